The number of para-hydroxylation sites is 1. The third-order valence-corrected chi connectivity index (χ3v) is 1.89. The van der Waals surface area contributed by atoms with Gasteiger partial charge in [0.25, 0.3) is 0 Å². The minimum absolute atomic E-state index is 0.151. The zero-order chi connectivity index (χ0) is 12.7. The molecular weight excluding hydrogens is 224 g/mol. The molecule has 0 bridgehead atoms. The molecule has 0 fully saturated rings. The highest BCUT2D eigenvalue weighted by Crippen LogP contribution is 2.29. The van der Waals surface area contributed by atoms with E-state index in [9.17, 15) is 4.79 Å². The second-order valence-corrected chi connectivity index (χ2v) is 2.95. The molecule has 0 radical (unpaired) electrons. The van der Waals surface area contributed by atoms with Crippen molar-refractivity contribution in [3.8, 4) is 11.5 Å². The van der Waals surface area contributed by atoms with Crippen molar-refractivity contribution in [3.05, 3.63) is 23.8 Å². The first-order valence-electron chi connectivity index (χ1n) is 4.66. The van der Waals surface area contributed by atoms with E-state index in [0.717, 1.165) is 0 Å². The average Bonchev–Trinajstić information content (AvgIpc) is 2.36. The fourth-order valence-electron chi connectivity index (χ4n) is 1.18. The van der Waals surface area contributed by atoms with E-state index in [1.807, 2.05) is 0 Å². The van der Waals surface area contributed by atoms with Gasteiger partial charge in [0.1, 0.15) is 6.61 Å². The molecule has 1 aromatic rings. The van der Waals surface area contributed by atoms with Crippen molar-refractivity contribution in [2.24, 2.45) is 16.2 Å². The van der Waals surface area contributed by atoms with E-state index < -0.39 is 0 Å². The lowest BCUT2D eigenvalue weighted by Crippen LogP contribution is -2.09. The lowest BCUT2D eigenvalue weighted by Gasteiger charge is -2.11. The number of methoxy groups -OCH3 is 1. The number of nitrogens with two attached hydrogens (primary N) is 1. The van der Waals surface area contributed by atoms with Crippen LogP contribution in [0.4, 0.5) is 0 Å². The number of aldehydes is 1. The number of nitrogens with one attached hydrogen (secondary N) is 1. The fraction of sp³-hybridized carbons (Fsp3) is 0.200. The summed E-state index contributed by atoms with van der Waals surface area (Å²) >= 11 is 0. The standard InChI is InChI=1S/C10H12N4O3/c1-16-8-4-2-3-7(5-15)10(8)17-6-9(11)13-14-12/h2-5H,6H2,1H3,(H3,11,12,13). The van der Waals surface area contributed by atoms with Gasteiger partial charge in [0.05, 0.1) is 12.7 Å². The highest BCUT2D eigenvalue weighted by molar-refractivity contribution is 5.83. The molecule has 0 saturated heterocycles. The predicted molar refractivity (Wildman–Crippen MR) is 60.6 cm³/mol. The van der Waals surface area contributed by atoms with Crippen LogP contribution >= 0.6 is 0 Å². The summed E-state index contributed by atoms with van der Waals surface area (Å²) in [6.07, 6.45) is 0.645. The van der Waals surface area contributed by atoms with E-state index in [2.05, 4.69) is 10.3 Å². The van der Waals surface area contributed by atoms with Gasteiger partial charge in [0.2, 0.25) is 0 Å². The minimum atomic E-state index is -0.157. The smallest absolute Gasteiger partial charge is 0.183 e. The molecule has 0 unspecified atom stereocenters. The van der Waals surface area contributed by atoms with E-state index in [-0.39, 0.29) is 18.2 Å². The molecule has 7 heteroatoms. The van der Waals surface area contributed by atoms with Gasteiger partial charge < -0.3 is 15.3 Å². The Kier molecular flexibility index (Phi) is 4.61. The van der Waals surface area contributed by atoms with Gasteiger partial charge in [-0.2, -0.15) is 0 Å². The van der Waals surface area contributed by atoms with Crippen molar-refractivity contribution in [1.29, 1.82) is 5.41 Å². The summed E-state index contributed by atoms with van der Waals surface area (Å²) < 4.78 is 10.3. The van der Waals surface area contributed by atoms with Crippen molar-refractivity contribution >= 4 is 12.1 Å². The van der Waals surface area contributed by atoms with Gasteiger partial charge in [-0.15, -0.1) is 5.11 Å². The molecule has 7 nitrogen and oxygen atoms in total. The van der Waals surface area contributed by atoms with E-state index in [4.69, 9.17) is 20.7 Å². The molecule has 0 aliphatic heterocycles. The molecule has 0 heterocycles. The summed E-state index contributed by atoms with van der Waals surface area (Å²) in [6.45, 7) is -0.151. The molecule has 0 saturated carbocycles. The zero-order valence-corrected chi connectivity index (χ0v) is 9.21. The van der Waals surface area contributed by atoms with E-state index in [1.54, 1.807) is 18.2 Å². The van der Waals surface area contributed by atoms with Crippen LogP contribution in [0.25, 0.3) is 0 Å². The predicted octanol–water partition coefficient (Wildman–Crippen LogP) is 1.19. The molecule has 3 N–H and O–H groups in total. The van der Waals surface area contributed by atoms with Crippen LogP contribution in [0, 0.1) is 5.41 Å². The van der Waals surface area contributed by atoms with E-state index >= 15 is 0 Å². The number of ether oxygens (including phenoxy) is 2. The molecule has 0 aliphatic carbocycles. The second-order valence-electron chi connectivity index (χ2n) is 2.95. The Morgan fingerprint density at radius 2 is 2.35 bits per heavy atom. The molecular formula is C10H12N4O3. The maximum Gasteiger partial charge on any atom is 0.183 e. The van der Waals surface area contributed by atoms with Crippen molar-refractivity contribution in [3.63, 3.8) is 0 Å². The first kappa shape index (κ1) is 12.6. The molecule has 1 rings (SSSR count). The van der Waals surface area contributed by atoms with Crippen LogP contribution in [-0.2, 0) is 0 Å². The Morgan fingerprint density at radius 1 is 1.59 bits per heavy atom. The topological polar surface area (TPSA) is 110 Å². The lowest BCUT2D eigenvalue weighted by atomic mass is 10.2. The van der Waals surface area contributed by atoms with Gasteiger partial charge in [-0.3, -0.25) is 10.2 Å². The monoisotopic (exact) mass is 236 g/mol. The quantitative estimate of drug-likeness (QED) is 0.200. The summed E-state index contributed by atoms with van der Waals surface area (Å²) in [5.41, 5.74) is 0.335. The number of amidine groups is 1. The summed E-state index contributed by atoms with van der Waals surface area (Å²) in [7, 11) is 1.46. The van der Waals surface area contributed by atoms with Crippen molar-refractivity contribution in [1.82, 2.24) is 0 Å². The largest absolute Gasteiger partial charge is 0.493 e. The van der Waals surface area contributed by atoms with Gasteiger partial charge in [0.15, 0.2) is 23.6 Å². The molecule has 0 aliphatic rings. The average molecular weight is 236 g/mol. The molecule has 17 heavy (non-hydrogen) atoms. The Balaban J connectivity index is 2.88. The SMILES string of the molecule is COc1cccc(C=O)c1OCC(=N)N=NN. The zero-order valence-electron chi connectivity index (χ0n) is 9.21. The molecule has 0 amide bonds. The van der Waals surface area contributed by atoms with Gasteiger partial charge in [-0.1, -0.05) is 11.3 Å². The third kappa shape index (κ3) is 3.26. The number of carbonyl (C=O) groups excluding carboxylic acids is 1. The molecule has 0 spiro atoms. The van der Waals surface area contributed by atoms with E-state index in [0.29, 0.717) is 17.6 Å². The highest BCUT2D eigenvalue weighted by Gasteiger charge is 2.10. The molecule has 0 aromatic heterocycles. The Hall–Kier alpha value is -2.44. The fourth-order valence-corrected chi connectivity index (χ4v) is 1.18. The van der Waals surface area contributed by atoms with Gasteiger partial charge >= 0.3 is 0 Å². The third-order valence-electron chi connectivity index (χ3n) is 1.89. The Bertz CT molecular complexity index is 445. The van der Waals surface area contributed by atoms with Crippen LogP contribution < -0.4 is 15.3 Å². The van der Waals surface area contributed by atoms with E-state index in [1.165, 1.54) is 7.11 Å². The van der Waals surface area contributed by atoms with Crippen LogP contribution in [0.15, 0.2) is 28.5 Å². The van der Waals surface area contributed by atoms with Crippen molar-refractivity contribution in [2.45, 2.75) is 0 Å². The number of hydrogen-bond acceptors (Lipinski definition) is 5. The molecule has 90 valence electrons. The Labute approximate surface area is 97.7 Å². The van der Waals surface area contributed by atoms with Crippen LogP contribution in [0.3, 0.4) is 0 Å². The molecule has 1 aromatic carbocycles. The van der Waals surface area contributed by atoms with Gasteiger partial charge in [0, 0.05) is 0 Å². The normalized spacial score (nSPS) is 10.2. The van der Waals surface area contributed by atoms with Crippen molar-refractivity contribution < 1.29 is 14.3 Å². The van der Waals surface area contributed by atoms with Gasteiger partial charge in [-0.25, -0.2) is 0 Å². The molecule has 0 atom stereocenters. The number of rotatable bonds is 5. The number of nitrogens with zero attached hydrogens (tertiary/aromatic N) is 2. The maximum absolute atomic E-state index is 10.8. The maximum atomic E-state index is 10.8. The summed E-state index contributed by atoms with van der Waals surface area (Å²) in [6, 6.07) is 4.90. The summed E-state index contributed by atoms with van der Waals surface area (Å²) in [5, 5.41) is 13.5. The minimum Gasteiger partial charge on any atom is -0.493 e. The van der Waals surface area contributed by atoms with Crippen LogP contribution in [0.5, 0.6) is 11.5 Å². The number of hydrogen-bond donors (Lipinski definition) is 2. The Morgan fingerprint density at radius 3 is 2.94 bits per heavy atom. The summed E-state index contributed by atoms with van der Waals surface area (Å²) in [4.78, 5) is 10.8. The van der Waals surface area contributed by atoms with Crippen molar-refractivity contribution in [2.75, 3.05) is 13.7 Å². The second kappa shape index (κ2) is 6.21. The first-order valence-corrected chi connectivity index (χ1v) is 4.66. The summed E-state index contributed by atoms with van der Waals surface area (Å²) in [5.74, 6) is 5.31. The van der Waals surface area contributed by atoms with Crippen LogP contribution in [0.2, 0.25) is 0 Å². The first-order chi connectivity index (χ1) is 8.22. The number of carbonyl (C=O) groups is 1. The van der Waals surface area contributed by atoms with Crippen LogP contribution in [-0.4, -0.2) is 25.8 Å². The highest BCUT2D eigenvalue weighted by atomic mass is 16.5. The van der Waals surface area contributed by atoms with Gasteiger partial charge in [-0.05, 0) is 12.1 Å². The van der Waals surface area contributed by atoms with Crippen LogP contribution in [0.1, 0.15) is 10.4 Å². The number of benzene rings is 1. The lowest BCUT2D eigenvalue weighted by molar-refractivity contribution is 0.111.